The lowest BCUT2D eigenvalue weighted by Crippen LogP contribution is -2.12. The van der Waals surface area contributed by atoms with Gasteiger partial charge in [0, 0.05) is 11.8 Å². The topological polar surface area (TPSA) is 50.2 Å². The molecule has 0 saturated heterocycles. The van der Waals surface area contributed by atoms with Crippen molar-refractivity contribution in [2.45, 2.75) is 20.3 Å². The van der Waals surface area contributed by atoms with Crippen molar-refractivity contribution in [3.05, 3.63) is 28.1 Å². The summed E-state index contributed by atoms with van der Waals surface area (Å²) in [5.74, 6) is -1.15. The molecule has 0 aliphatic rings. The molecule has 2 aromatic heterocycles. The van der Waals surface area contributed by atoms with E-state index in [9.17, 15) is 4.79 Å². The minimum atomic E-state index is -0.771. The summed E-state index contributed by atoms with van der Waals surface area (Å²) in [5.41, 5.74) is 2.09. The first-order chi connectivity index (χ1) is 8.08. The highest BCUT2D eigenvalue weighted by molar-refractivity contribution is 7.20. The second-order valence-electron chi connectivity index (χ2n) is 4.02. The van der Waals surface area contributed by atoms with Gasteiger partial charge in [0.05, 0.1) is 16.5 Å². The molecule has 0 aliphatic carbocycles. The summed E-state index contributed by atoms with van der Waals surface area (Å²) in [7, 11) is 0. The average molecular weight is 267 g/mol. The van der Waals surface area contributed by atoms with Crippen LogP contribution in [0.5, 0.6) is 0 Å². The molecule has 0 aliphatic heterocycles. The molecule has 0 aromatic carbocycles. The summed E-state index contributed by atoms with van der Waals surface area (Å²) in [6.45, 7) is 3.77. The van der Waals surface area contributed by atoms with E-state index in [1.54, 1.807) is 29.6 Å². The highest BCUT2D eigenvalue weighted by Gasteiger charge is 2.15. The van der Waals surface area contributed by atoms with Crippen molar-refractivity contribution in [3.63, 3.8) is 0 Å². The zero-order valence-corrected chi connectivity index (χ0v) is 11.3. The van der Waals surface area contributed by atoms with Crippen molar-refractivity contribution in [1.82, 2.24) is 4.98 Å². The molecule has 0 bridgehead atoms. The van der Waals surface area contributed by atoms with Crippen LogP contribution < -0.4 is 0 Å². The van der Waals surface area contributed by atoms with Crippen molar-refractivity contribution in [2.75, 3.05) is 0 Å². The molecule has 2 aromatic rings. The fourth-order valence-electron chi connectivity index (χ4n) is 1.50. The van der Waals surface area contributed by atoms with E-state index in [1.807, 2.05) is 10.8 Å². The summed E-state index contributed by atoms with van der Waals surface area (Å²) in [4.78, 5) is 16.5. The maximum absolute atomic E-state index is 10.8. The summed E-state index contributed by atoms with van der Waals surface area (Å²) >= 11 is 3.25. The van der Waals surface area contributed by atoms with Gasteiger partial charge < -0.3 is 5.11 Å². The fourth-order valence-corrected chi connectivity index (χ4v) is 3.43. The first kappa shape index (κ1) is 12.3. The third kappa shape index (κ3) is 2.73. The number of aliphatic carboxylic acids is 1. The van der Waals surface area contributed by atoms with Crippen LogP contribution in [0, 0.1) is 12.8 Å². The van der Waals surface area contributed by atoms with E-state index in [0.29, 0.717) is 6.42 Å². The van der Waals surface area contributed by atoms with Crippen LogP contribution >= 0.6 is 22.7 Å². The largest absolute Gasteiger partial charge is 0.481 e. The SMILES string of the molecule is Cc1ccsc1-c1nc(CC(C)C(=O)O)cs1. The fraction of sp³-hybridized carbons (Fsp3) is 0.333. The van der Waals surface area contributed by atoms with Crippen LogP contribution in [0.15, 0.2) is 16.8 Å². The smallest absolute Gasteiger partial charge is 0.306 e. The van der Waals surface area contributed by atoms with E-state index < -0.39 is 5.97 Å². The number of carboxylic acid groups (broad SMARTS) is 1. The maximum atomic E-state index is 10.8. The summed E-state index contributed by atoms with van der Waals surface area (Å²) < 4.78 is 0. The number of rotatable bonds is 4. The summed E-state index contributed by atoms with van der Waals surface area (Å²) in [6, 6.07) is 2.07. The molecular weight excluding hydrogens is 254 g/mol. The van der Waals surface area contributed by atoms with Gasteiger partial charge in [-0.25, -0.2) is 4.98 Å². The monoisotopic (exact) mass is 267 g/mol. The predicted molar refractivity (Wildman–Crippen MR) is 70.7 cm³/mol. The van der Waals surface area contributed by atoms with Crippen LogP contribution in [-0.4, -0.2) is 16.1 Å². The number of aromatic nitrogens is 1. The maximum Gasteiger partial charge on any atom is 0.306 e. The molecule has 90 valence electrons. The van der Waals surface area contributed by atoms with Crippen molar-refractivity contribution in [1.29, 1.82) is 0 Å². The highest BCUT2D eigenvalue weighted by atomic mass is 32.1. The van der Waals surface area contributed by atoms with E-state index in [4.69, 9.17) is 5.11 Å². The van der Waals surface area contributed by atoms with Gasteiger partial charge in [0.1, 0.15) is 5.01 Å². The quantitative estimate of drug-likeness (QED) is 0.923. The number of hydrogen-bond donors (Lipinski definition) is 1. The summed E-state index contributed by atoms with van der Waals surface area (Å²) in [5, 5.41) is 13.8. The average Bonchev–Trinajstić information content (AvgIpc) is 2.86. The van der Waals surface area contributed by atoms with Crippen LogP contribution in [0.2, 0.25) is 0 Å². The Morgan fingerprint density at radius 2 is 2.29 bits per heavy atom. The molecule has 17 heavy (non-hydrogen) atoms. The van der Waals surface area contributed by atoms with Gasteiger partial charge in [-0.15, -0.1) is 22.7 Å². The van der Waals surface area contributed by atoms with E-state index in [0.717, 1.165) is 10.7 Å². The van der Waals surface area contributed by atoms with Gasteiger partial charge in [-0.3, -0.25) is 4.79 Å². The second kappa shape index (κ2) is 4.98. The van der Waals surface area contributed by atoms with E-state index in [1.165, 1.54) is 10.4 Å². The number of carbonyl (C=O) groups is 1. The van der Waals surface area contributed by atoms with Crippen LogP contribution in [0.25, 0.3) is 9.88 Å². The molecule has 2 rings (SSSR count). The Kier molecular flexibility index (Phi) is 3.59. The normalized spacial score (nSPS) is 12.6. The van der Waals surface area contributed by atoms with Gasteiger partial charge >= 0.3 is 5.97 Å². The zero-order valence-electron chi connectivity index (χ0n) is 9.64. The molecule has 0 spiro atoms. The Labute approximate surface area is 108 Å². The lowest BCUT2D eigenvalue weighted by molar-refractivity contribution is -0.141. The molecule has 0 radical (unpaired) electrons. The van der Waals surface area contributed by atoms with Gasteiger partial charge in [-0.2, -0.15) is 0 Å². The Bertz CT molecular complexity index is 530. The van der Waals surface area contributed by atoms with Crippen LogP contribution in [0.1, 0.15) is 18.2 Å². The molecule has 1 N–H and O–H groups in total. The van der Waals surface area contributed by atoms with Crippen LogP contribution in [-0.2, 0) is 11.2 Å². The third-order valence-electron chi connectivity index (χ3n) is 2.54. The molecule has 3 nitrogen and oxygen atoms in total. The van der Waals surface area contributed by atoms with Gasteiger partial charge in [0.2, 0.25) is 0 Å². The zero-order chi connectivity index (χ0) is 12.4. The van der Waals surface area contributed by atoms with Crippen molar-refractivity contribution >= 4 is 28.6 Å². The van der Waals surface area contributed by atoms with Crippen LogP contribution in [0.3, 0.4) is 0 Å². The molecule has 2 heterocycles. The van der Waals surface area contributed by atoms with Crippen LogP contribution in [0.4, 0.5) is 0 Å². The second-order valence-corrected chi connectivity index (χ2v) is 5.79. The van der Waals surface area contributed by atoms with Gasteiger partial charge in [-0.05, 0) is 23.9 Å². The minimum Gasteiger partial charge on any atom is -0.481 e. The number of aryl methyl sites for hydroxylation is 1. The number of nitrogens with zero attached hydrogens (tertiary/aromatic N) is 1. The van der Waals surface area contributed by atoms with E-state index in [2.05, 4.69) is 18.0 Å². The molecule has 5 heteroatoms. The standard InChI is InChI=1S/C12H13NO2S2/c1-7-3-4-16-10(7)11-13-9(6-17-11)5-8(2)12(14)15/h3-4,6,8H,5H2,1-2H3,(H,14,15). The highest BCUT2D eigenvalue weighted by Crippen LogP contribution is 2.31. The molecule has 0 amide bonds. The first-order valence-electron chi connectivity index (χ1n) is 5.29. The predicted octanol–water partition coefficient (Wildman–Crippen LogP) is 3.44. The van der Waals surface area contributed by atoms with Gasteiger partial charge in [-0.1, -0.05) is 6.92 Å². The molecule has 1 unspecified atom stereocenters. The Morgan fingerprint density at radius 3 is 2.88 bits per heavy atom. The lowest BCUT2D eigenvalue weighted by Gasteiger charge is -2.01. The molecular formula is C12H13NO2S2. The molecule has 0 fully saturated rings. The molecule has 0 saturated carbocycles. The van der Waals surface area contributed by atoms with Crippen molar-refractivity contribution < 1.29 is 9.90 Å². The first-order valence-corrected chi connectivity index (χ1v) is 7.05. The lowest BCUT2D eigenvalue weighted by atomic mass is 10.1. The Morgan fingerprint density at radius 1 is 1.53 bits per heavy atom. The van der Waals surface area contributed by atoms with E-state index >= 15 is 0 Å². The third-order valence-corrected chi connectivity index (χ3v) is 4.61. The summed E-state index contributed by atoms with van der Waals surface area (Å²) in [6.07, 6.45) is 0.496. The molecule has 1 atom stereocenters. The van der Waals surface area contributed by atoms with E-state index in [-0.39, 0.29) is 5.92 Å². The number of thiophene rings is 1. The number of hydrogen-bond acceptors (Lipinski definition) is 4. The minimum absolute atomic E-state index is 0.380. The van der Waals surface area contributed by atoms with Gasteiger partial charge in [0.15, 0.2) is 0 Å². The number of carboxylic acids is 1. The number of thiazole rings is 1. The Balaban J connectivity index is 2.17. The Hall–Kier alpha value is -1.20. The van der Waals surface area contributed by atoms with Gasteiger partial charge in [0.25, 0.3) is 0 Å². The van der Waals surface area contributed by atoms with Crippen molar-refractivity contribution in [2.24, 2.45) is 5.92 Å². The van der Waals surface area contributed by atoms with Crippen molar-refractivity contribution in [3.8, 4) is 9.88 Å².